The maximum Gasteiger partial charge on any atom is 0.119 e. The molecule has 2 nitrogen and oxygen atoms in total. The molecule has 100 valence electrons. The molecule has 2 N–H and O–H groups in total. The van der Waals surface area contributed by atoms with E-state index in [9.17, 15) is 0 Å². The molecular weight excluding hydrogens is 222 g/mol. The van der Waals surface area contributed by atoms with Gasteiger partial charge in [-0.25, -0.2) is 0 Å². The molecule has 1 aromatic carbocycles. The zero-order chi connectivity index (χ0) is 12.8. The lowest BCUT2D eigenvalue weighted by Gasteiger charge is -2.22. The Morgan fingerprint density at radius 1 is 1.11 bits per heavy atom. The quantitative estimate of drug-likeness (QED) is 0.820. The van der Waals surface area contributed by atoms with Crippen LogP contribution in [0.15, 0.2) is 24.3 Å². The molecule has 2 atom stereocenters. The van der Waals surface area contributed by atoms with E-state index in [0.717, 1.165) is 18.8 Å². The summed E-state index contributed by atoms with van der Waals surface area (Å²) >= 11 is 0. The van der Waals surface area contributed by atoms with Gasteiger partial charge in [0.25, 0.3) is 0 Å². The number of nitrogens with two attached hydrogens (primary N) is 1. The first-order valence-electron chi connectivity index (χ1n) is 7.29. The highest BCUT2D eigenvalue weighted by Crippen LogP contribution is 2.31. The van der Waals surface area contributed by atoms with Crippen molar-refractivity contribution >= 4 is 0 Å². The van der Waals surface area contributed by atoms with Crippen molar-refractivity contribution in [3.63, 3.8) is 0 Å². The highest BCUT2D eigenvalue weighted by Gasteiger charge is 2.21. The van der Waals surface area contributed by atoms with Crippen LogP contribution in [-0.4, -0.2) is 12.6 Å². The van der Waals surface area contributed by atoms with Crippen LogP contribution >= 0.6 is 0 Å². The molecule has 0 aliphatic heterocycles. The largest absolute Gasteiger partial charge is 0.494 e. The summed E-state index contributed by atoms with van der Waals surface area (Å²) in [6.45, 7) is 2.92. The first-order valence-corrected chi connectivity index (χ1v) is 7.29. The van der Waals surface area contributed by atoms with Crippen LogP contribution in [0.2, 0.25) is 0 Å². The van der Waals surface area contributed by atoms with Gasteiger partial charge in [-0.05, 0) is 42.9 Å². The van der Waals surface area contributed by atoms with Gasteiger partial charge in [0.15, 0.2) is 0 Å². The monoisotopic (exact) mass is 247 g/mol. The maximum absolute atomic E-state index is 6.30. The van der Waals surface area contributed by atoms with E-state index in [4.69, 9.17) is 10.5 Å². The first kappa shape index (κ1) is 13.4. The van der Waals surface area contributed by atoms with Crippen molar-refractivity contribution < 1.29 is 4.74 Å². The SMILES string of the molecule is CCCOc1ccc(C2CCCCCC2N)cc1. The normalized spacial score (nSPS) is 24.6. The third-order valence-corrected chi connectivity index (χ3v) is 3.85. The summed E-state index contributed by atoms with van der Waals surface area (Å²) in [4.78, 5) is 0. The molecule has 2 heteroatoms. The maximum atomic E-state index is 6.30. The van der Waals surface area contributed by atoms with Gasteiger partial charge in [0.05, 0.1) is 6.61 Å². The number of rotatable bonds is 4. The lowest BCUT2D eigenvalue weighted by molar-refractivity contribution is 0.317. The fourth-order valence-corrected chi connectivity index (χ4v) is 2.78. The molecule has 0 heterocycles. The molecule has 1 saturated carbocycles. The van der Waals surface area contributed by atoms with Crippen LogP contribution in [0.5, 0.6) is 5.75 Å². The van der Waals surface area contributed by atoms with Crippen LogP contribution in [0.1, 0.15) is 56.9 Å². The Bertz CT molecular complexity index is 347. The predicted octanol–water partition coefficient (Wildman–Crippen LogP) is 3.85. The second-order valence-corrected chi connectivity index (χ2v) is 5.33. The minimum absolute atomic E-state index is 0.329. The van der Waals surface area contributed by atoms with Crippen molar-refractivity contribution in [1.82, 2.24) is 0 Å². The second-order valence-electron chi connectivity index (χ2n) is 5.33. The van der Waals surface area contributed by atoms with Crippen LogP contribution in [0.3, 0.4) is 0 Å². The number of hydrogen-bond acceptors (Lipinski definition) is 2. The van der Waals surface area contributed by atoms with Gasteiger partial charge in [-0.1, -0.05) is 38.3 Å². The van der Waals surface area contributed by atoms with E-state index in [1.165, 1.54) is 37.7 Å². The summed E-state index contributed by atoms with van der Waals surface area (Å²) in [6, 6.07) is 8.89. The molecule has 0 amide bonds. The van der Waals surface area contributed by atoms with Crippen LogP contribution < -0.4 is 10.5 Å². The van der Waals surface area contributed by atoms with Crippen molar-refractivity contribution in [3.8, 4) is 5.75 Å². The van der Waals surface area contributed by atoms with E-state index >= 15 is 0 Å². The van der Waals surface area contributed by atoms with Gasteiger partial charge in [-0.15, -0.1) is 0 Å². The van der Waals surface area contributed by atoms with E-state index in [0.29, 0.717) is 12.0 Å². The Morgan fingerprint density at radius 3 is 2.56 bits per heavy atom. The zero-order valence-corrected chi connectivity index (χ0v) is 11.4. The summed E-state index contributed by atoms with van der Waals surface area (Å²) in [5.41, 5.74) is 7.68. The molecule has 0 aromatic heterocycles. The Balaban J connectivity index is 2.03. The molecule has 0 radical (unpaired) electrons. The van der Waals surface area contributed by atoms with Crippen molar-refractivity contribution in [1.29, 1.82) is 0 Å². The van der Waals surface area contributed by atoms with E-state index in [2.05, 4.69) is 31.2 Å². The Morgan fingerprint density at radius 2 is 1.83 bits per heavy atom. The van der Waals surface area contributed by atoms with Crippen molar-refractivity contribution in [2.45, 2.75) is 57.4 Å². The molecule has 0 spiro atoms. The first-order chi connectivity index (χ1) is 8.81. The molecule has 1 aliphatic carbocycles. The third kappa shape index (κ3) is 3.49. The summed E-state index contributed by atoms with van der Waals surface area (Å²) < 4.78 is 5.62. The smallest absolute Gasteiger partial charge is 0.119 e. The summed E-state index contributed by atoms with van der Waals surface area (Å²) in [5, 5.41) is 0. The van der Waals surface area contributed by atoms with Crippen molar-refractivity contribution in [2.75, 3.05) is 6.61 Å². The van der Waals surface area contributed by atoms with Crippen LogP contribution in [-0.2, 0) is 0 Å². The average Bonchev–Trinajstić information content (AvgIpc) is 2.62. The highest BCUT2D eigenvalue weighted by atomic mass is 16.5. The van der Waals surface area contributed by atoms with Gasteiger partial charge < -0.3 is 10.5 Å². The van der Waals surface area contributed by atoms with Gasteiger partial charge in [-0.3, -0.25) is 0 Å². The molecule has 18 heavy (non-hydrogen) atoms. The zero-order valence-electron chi connectivity index (χ0n) is 11.4. The van der Waals surface area contributed by atoms with Crippen LogP contribution in [0, 0.1) is 0 Å². The standard InChI is InChI=1S/C16H25NO/c1-2-12-18-14-10-8-13(9-11-14)15-6-4-3-5-7-16(15)17/h8-11,15-16H,2-7,12,17H2,1H3. The summed E-state index contributed by atoms with van der Waals surface area (Å²) in [5.74, 6) is 1.51. The van der Waals surface area contributed by atoms with Crippen molar-refractivity contribution in [2.24, 2.45) is 5.73 Å². The van der Waals surface area contributed by atoms with Crippen molar-refractivity contribution in [3.05, 3.63) is 29.8 Å². The number of benzene rings is 1. The van der Waals surface area contributed by atoms with Crippen LogP contribution in [0.25, 0.3) is 0 Å². The molecule has 1 aliphatic rings. The molecule has 0 saturated heterocycles. The van der Waals surface area contributed by atoms with Gasteiger partial charge >= 0.3 is 0 Å². The molecule has 1 aromatic rings. The second kappa shape index (κ2) is 6.79. The Labute approximate surface area is 111 Å². The molecule has 1 fully saturated rings. The lowest BCUT2D eigenvalue weighted by atomic mass is 9.88. The Hall–Kier alpha value is -1.02. The minimum Gasteiger partial charge on any atom is -0.494 e. The third-order valence-electron chi connectivity index (χ3n) is 3.85. The molecule has 2 rings (SSSR count). The van der Waals surface area contributed by atoms with Gasteiger partial charge in [0.1, 0.15) is 5.75 Å². The molecular formula is C16H25NO. The molecule has 2 unspecified atom stereocenters. The van der Waals surface area contributed by atoms with Gasteiger partial charge in [0.2, 0.25) is 0 Å². The van der Waals surface area contributed by atoms with E-state index in [-0.39, 0.29) is 0 Å². The van der Waals surface area contributed by atoms with E-state index in [1.807, 2.05) is 0 Å². The minimum atomic E-state index is 0.329. The summed E-state index contributed by atoms with van der Waals surface area (Å²) in [7, 11) is 0. The average molecular weight is 247 g/mol. The van der Waals surface area contributed by atoms with Crippen LogP contribution in [0.4, 0.5) is 0 Å². The fraction of sp³-hybridized carbons (Fsp3) is 0.625. The number of hydrogen-bond donors (Lipinski definition) is 1. The van der Waals surface area contributed by atoms with E-state index in [1.54, 1.807) is 0 Å². The summed E-state index contributed by atoms with van der Waals surface area (Å²) in [6.07, 6.45) is 7.38. The predicted molar refractivity (Wildman–Crippen MR) is 76.0 cm³/mol. The highest BCUT2D eigenvalue weighted by molar-refractivity contribution is 5.30. The number of ether oxygens (including phenoxy) is 1. The van der Waals surface area contributed by atoms with E-state index < -0.39 is 0 Å². The van der Waals surface area contributed by atoms with Gasteiger partial charge in [-0.2, -0.15) is 0 Å². The topological polar surface area (TPSA) is 35.2 Å². The fourth-order valence-electron chi connectivity index (χ4n) is 2.78. The lowest BCUT2D eigenvalue weighted by Crippen LogP contribution is -2.27. The Kier molecular flexibility index (Phi) is 5.06. The molecule has 0 bridgehead atoms. The van der Waals surface area contributed by atoms with Gasteiger partial charge in [0, 0.05) is 6.04 Å².